The summed E-state index contributed by atoms with van der Waals surface area (Å²) in [6.45, 7) is 5.46. The molecule has 0 bridgehead atoms. The number of hydrogen-bond donors (Lipinski definition) is 1. The number of nitrogens with zero attached hydrogens (tertiary/aromatic N) is 4. The number of halogens is 2. The van der Waals surface area contributed by atoms with E-state index in [1.165, 1.54) is 22.8 Å². The van der Waals surface area contributed by atoms with Crippen molar-refractivity contribution in [3.63, 3.8) is 0 Å². The molecule has 4 rings (SSSR count). The van der Waals surface area contributed by atoms with E-state index in [4.69, 9.17) is 17.3 Å². The van der Waals surface area contributed by atoms with Gasteiger partial charge in [0.1, 0.15) is 5.83 Å². The van der Waals surface area contributed by atoms with Crippen LogP contribution in [-0.4, -0.2) is 19.5 Å². The zero-order valence-corrected chi connectivity index (χ0v) is 18.0. The molecule has 2 N–H and O–H groups in total. The molecule has 160 valence electrons. The largest absolute Gasteiger partial charge is 0.368 e. The lowest BCUT2D eigenvalue weighted by Crippen LogP contribution is -2.18. The lowest BCUT2D eigenvalue weighted by atomic mass is 10.0. The van der Waals surface area contributed by atoms with Crippen LogP contribution in [-0.2, 0) is 0 Å². The topological polar surface area (TPSA) is 86.7 Å². The van der Waals surface area contributed by atoms with Gasteiger partial charge < -0.3 is 5.73 Å². The van der Waals surface area contributed by atoms with Gasteiger partial charge >= 0.3 is 0 Å². The van der Waals surface area contributed by atoms with Gasteiger partial charge in [-0.2, -0.15) is 0 Å². The van der Waals surface area contributed by atoms with Gasteiger partial charge in [-0.3, -0.25) is 14.3 Å². The van der Waals surface area contributed by atoms with Gasteiger partial charge in [-0.25, -0.2) is 14.4 Å². The second-order valence-corrected chi connectivity index (χ2v) is 7.42. The van der Waals surface area contributed by atoms with Gasteiger partial charge in [-0.1, -0.05) is 31.2 Å². The lowest BCUT2D eigenvalue weighted by Gasteiger charge is -2.14. The highest BCUT2D eigenvalue weighted by molar-refractivity contribution is 6.32. The Morgan fingerprint density at radius 1 is 1.16 bits per heavy atom. The summed E-state index contributed by atoms with van der Waals surface area (Å²) in [4.78, 5) is 25.6. The summed E-state index contributed by atoms with van der Waals surface area (Å²) in [7, 11) is 0. The summed E-state index contributed by atoms with van der Waals surface area (Å²) in [5.74, 6) is -0.294. The van der Waals surface area contributed by atoms with Crippen molar-refractivity contribution in [3.05, 3.63) is 88.9 Å². The van der Waals surface area contributed by atoms with Gasteiger partial charge in [-0.05, 0) is 42.3 Å². The first-order valence-corrected chi connectivity index (χ1v) is 10.2. The Labute approximate surface area is 188 Å². The lowest BCUT2D eigenvalue weighted by molar-refractivity contribution is 0.602. The molecule has 0 radical (unpaired) electrons. The SMILES string of the molecule is C=CC(=CC(Cl)=C(F)CC)n1c(=O)ccc2cnc3ccc(-c4cnc(N)nc4)cc3c21. The molecule has 1 aromatic carbocycles. The van der Waals surface area contributed by atoms with Crippen LogP contribution in [0.25, 0.3) is 38.6 Å². The minimum Gasteiger partial charge on any atom is -0.368 e. The van der Waals surface area contributed by atoms with Crippen molar-refractivity contribution in [2.24, 2.45) is 0 Å². The number of pyridine rings is 2. The van der Waals surface area contributed by atoms with Crippen molar-refractivity contribution >= 4 is 45.1 Å². The second-order valence-electron chi connectivity index (χ2n) is 7.01. The van der Waals surface area contributed by atoms with Crippen LogP contribution in [0.1, 0.15) is 13.3 Å². The average molecular weight is 448 g/mol. The summed E-state index contributed by atoms with van der Waals surface area (Å²) in [6, 6.07) is 8.77. The molecule has 0 aliphatic heterocycles. The zero-order valence-electron chi connectivity index (χ0n) is 17.2. The maximum Gasteiger partial charge on any atom is 0.255 e. The standard InChI is InChI=1S/C24H19ClFN5O/c1-3-17(10-19(25)20(26)4-2)31-22(32)8-6-15-11-28-21-7-5-14(9-18(21)23(15)31)16-12-29-24(27)30-13-16/h3,5-13H,1,4H2,2H3,(H2,27,29,30). The van der Waals surface area contributed by atoms with Crippen molar-refractivity contribution < 1.29 is 4.39 Å². The molecule has 0 atom stereocenters. The van der Waals surface area contributed by atoms with E-state index in [1.54, 1.807) is 31.6 Å². The number of hydrogen-bond acceptors (Lipinski definition) is 5. The molecular weight excluding hydrogens is 429 g/mol. The molecule has 3 heterocycles. The third-order valence-electron chi connectivity index (χ3n) is 5.03. The molecule has 8 heteroatoms. The molecule has 0 saturated carbocycles. The smallest absolute Gasteiger partial charge is 0.255 e. The van der Waals surface area contributed by atoms with E-state index < -0.39 is 5.83 Å². The van der Waals surface area contributed by atoms with E-state index in [2.05, 4.69) is 21.5 Å². The van der Waals surface area contributed by atoms with Gasteiger partial charge in [-0.15, -0.1) is 0 Å². The van der Waals surface area contributed by atoms with E-state index >= 15 is 0 Å². The quantitative estimate of drug-likeness (QED) is 0.325. The van der Waals surface area contributed by atoms with Gasteiger partial charge in [0.05, 0.1) is 21.8 Å². The summed E-state index contributed by atoms with van der Waals surface area (Å²) < 4.78 is 15.5. The van der Waals surface area contributed by atoms with Crippen molar-refractivity contribution in [2.45, 2.75) is 13.3 Å². The average Bonchev–Trinajstić information content (AvgIpc) is 2.82. The minimum atomic E-state index is -0.475. The van der Waals surface area contributed by atoms with Gasteiger partial charge in [0, 0.05) is 41.0 Å². The molecule has 0 aliphatic carbocycles. The number of fused-ring (bicyclic) bond motifs is 3. The molecular formula is C24H19ClFN5O. The number of nitrogens with two attached hydrogens (primary N) is 1. The number of benzene rings is 1. The van der Waals surface area contributed by atoms with Gasteiger partial charge in [0.15, 0.2) is 0 Å². The highest BCUT2D eigenvalue weighted by atomic mass is 35.5. The zero-order chi connectivity index (χ0) is 22.8. The number of nitrogen functional groups attached to an aromatic ring is 1. The Bertz CT molecular complexity index is 1470. The number of aromatic nitrogens is 4. The van der Waals surface area contributed by atoms with E-state index in [1.807, 2.05) is 18.2 Å². The minimum absolute atomic E-state index is 0.0793. The van der Waals surface area contributed by atoms with Crippen LogP contribution in [0.2, 0.25) is 0 Å². The Kier molecular flexibility index (Phi) is 5.83. The van der Waals surface area contributed by atoms with E-state index in [0.717, 1.165) is 21.9 Å². The predicted octanol–water partition coefficient (Wildman–Crippen LogP) is 5.45. The third kappa shape index (κ3) is 3.90. The van der Waals surface area contributed by atoms with E-state index in [9.17, 15) is 9.18 Å². The fourth-order valence-corrected chi connectivity index (χ4v) is 3.67. The molecule has 0 spiro atoms. The normalized spacial score (nSPS) is 12.8. The van der Waals surface area contributed by atoms with Crippen LogP contribution in [0.3, 0.4) is 0 Å². The highest BCUT2D eigenvalue weighted by Gasteiger charge is 2.13. The van der Waals surface area contributed by atoms with E-state index in [0.29, 0.717) is 16.7 Å². The highest BCUT2D eigenvalue weighted by Crippen LogP contribution is 2.30. The molecule has 6 nitrogen and oxygen atoms in total. The Morgan fingerprint density at radius 2 is 1.91 bits per heavy atom. The van der Waals surface area contributed by atoms with E-state index in [-0.39, 0.29) is 23.0 Å². The van der Waals surface area contributed by atoms with Gasteiger partial charge in [0.25, 0.3) is 5.56 Å². The summed E-state index contributed by atoms with van der Waals surface area (Å²) >= 11 is 6.12. The molecule has 0 unspecified atom stereocenters. The summed E-state index contributed by atoms with van der Waals surface area (Å²) in [6.07, 6.45) is 7.95. The van der Waals surface area contributed by atoms with Crippen LogP contribution in [0.4, 0.5) is 10.3 Å². The maximum atomic E-state index is 14.0. The van der Waals surface area contributed by atoms with Crippen molar-refractivity contribution in [2.75, 3.05) is 5.73 Å². The first-order valence-electron chi connectivity index (χ1n) is 9.84. The molecule has 0 saturated heterocycles. The Morgan fingerprint density at radius 3 is 2.59 bits per heavy atom. The molecule has 32 heavy (non-hydrogen) atoms. The second kappa shape index (κ2) is 8.72. The van der Waals surface area contributed by atoms with Crippen LogP contribution in [0.5, 0.6) is 0 Å². The maximum absolute atomic E-state index is 14.0. The number of anilines is 1. The Balaban J connectivity index is 2.07. The van der Waals surface area contributed by atoms with Crippen molar-refractivity contribution in [3.8, 4) is 11.1 Å². The molecule has 0 aliphatic rings. The first kappa shape index (κ1) is 21.4. The van der Waals surface area contributed by atoms with Crippen LogP contribution in [0, 0.1) is 0 Å². The predicted molar refractivity (Wildman–Crippen MR) is 128 cm³/mol. The Hall–Kier alpha value is -3.84. The monoisotopic (exact) mass is 447 g/mol. The molecule has 4 aromatic rings. The molecule has 0 fully saturated rings. The van der Waals surface area contributed by atoms with Crippen molar-refractivity contribution in [1.82, 2.24) is 19.5 Å². The molecule has 3 aromatic heterocycles. The number of rotatable bonds is 5. The summed E-state index contributed by atoms with van der Waals surface area (Å²) in [5, 5.41) is 1.37. The van der Waals surface area contributed by atoms with Crippen LogP contribution < -0.4 is 11.3 Å². The fourth-order valence-electron chi connectivity index (χ4n) is 3.43. The first-order chi connectivity index (χ1) is 15.4. The molecule has 0 amide bonds. The van der Waals surface area contributed by atoms with Crippen LogP contribution in [0.15, 0.2) is 83.3 Å². The summed E-state index contributed by atoms with van der Waals surface area (Å²) in [5.41, 5.74) is 8.52. The number of allylic oxidation sites excluding steroid dienone is 5. The van der Waals surface area contributed by atoms with Crippen molar-refractivity contribution in [1.29, 1.82) is 0 Å². The van der Waals surface area contributed by atoms with Crippen LogP contribution >= 0.6 is 11.6 Å². The van der Waals surface area contributed by atoms with Gasteiger partial charge in [0.2, 0.25) is 5.95 Å². The third-order valence-corrected chi connectivity index (χ3v) is 5.35. The fraction of sp³-hybridized carbons (Fsp3) is 0.0833.